The highest BCUT2D eigenvalue weighted by molar-refractivity contribution is 5.77. The smallest absolute Gasteiger partial charge is 0.127 e. The molecule has 1 aromatic carbocycles. The Balaban J connectivity index is 2.17. The zero-order valence-corrected chi connectivity index (χ0v) is 11.1. The number of hydrogen-bond acceptors (Lipinski definition) is 3. The second-order valence-electron chi connectivity index (χ2n) is 4.84. The van der Waals surface area contributed by atoms with E-state index in [4.69, 9.17) is 10.2 Å². The summed E-state index contributed by atoms with van der Waals surface area (Å²) in [5.74, 6) is 0.861. The van der Waals surface area contributed by atoms with Crippen molar-refractivity contribution in [2.45, 2.75) is 19.9 Å². The van der Waals surface area contributed by atoms with E-state index in [0.717, 1.165) is 16.8 Å². The van der Waals surface area contributed by atoms with E-state index < -0.39 is 0 Å². The first-order valence-electron chi connectivity index (χ1n) is 6.38. The molecule has 1 unspecified atom stereocenters. The summed E-state index contributed by atoms with van der Waals surface area (Å²) in [6.07, 6.45) is 3.51. The van der Waals surface area contributed by atoms with Crippen LogP contribution >= 0.6 is 0 Å². The van der Waals surface area contributed by atoms with Crippen LogP contribution in [0.1, 0.15) is 22.9 Å². The lowest BCUT2D eigenvalue weighted by atomic mass is 10.1. The molecule has 0 aliphatic rings. The molecule has 4 nitrogen and oxygen atoms in total. The molecule has 3 rings (SSSR count). The average molecular weight is 255 g/mol. The first-order chi connectivity index (χ1) is 9.20. The maximum Gasteiger partial charge on any atom is 0.127 e. The van der Waals surface area contributed by atoms with Gasteiger partial charge in [0.2, 0.25) is 0 Å². The van der Waals surface area contributed by atoms with Gasteiger partial charge in [0, 0.05) is 6.54 Å². The van der Waals surface area contributed by atoms with Gasteiger partial charge in [0.1, 0.15) is 11.8 Å². The Kier molecular flexibility index (Phi) is 2.87. The number of imidazole rings is 1. The highest BCUT2D eigenvalue weighted by atomic mass is 16.3. The number of hydrogen-bond donors (Lipinski definition) is 1. The van der Waals surface area contributed by atoms with Crippen molar-refractivity contribution in [2.24, 2.45) is 5.73 Å². The highest BCUT2D eigenvalue weighted by Gasteiger charge is 2.17. The number of nitrogens with zero attached hydrogens (tertiary/aromatic N) is 2. The van der Waals surface area contributed by atoms with Crippen LogP contribution in [-0.2, 0) is 0 Å². The van der Waals surface area contributed by atoms with Gasteiger partial charge in [-0.2, -0.15) is 0 Å². The van der Waals surface area contributed by atoms with Crippen molar-refractivity contribution in [3.8, 4) is 0 Å². The summed E-state index contributed by atoms with van der Waals surface area (Å²) in [7, 11) is 0. The molecule has 0 amide bonds. The van der Waals surface area contributed by atoms with Gasteiger partial charge in [-0.25, -0.2) is 4.98 Å². The van der Waals surface area contributed by atoms with Crippen LogP contribution in [0.5, 0.6) is 0 Å². The molecule has 0 aliphatic carbocycles. The minimum absolute atomic E-state index is 0.0119. The molecule has 0 fully saturated rings. The maximum atomic E-state index is 5.91. The van der Waals surface area contributed by atoms with E-state index in [-0.39, 0.29) is 6.04 Å². The number of rotatable bonds is 3. The highest BCUT2D eigenvalue weighted by Crippen LogP contribution is 2.25. The Morgan fingerprint density at radius 3 is 2.79 bits per heavy atom. The van der Waals surface area contributed by atoms with Crippen molar-refractivity contribution in [3.63, 3.8) is 0 Å². The fourth-order valence-corrected chi connectivity index (χ4v) is 2.38. The number of aromatic nitrogens is 2. The normalized spacial score (nSPS) is 13.0. The molecule has 1 atom stereocenters. The molecule has 0 saturated heterocycles. The SMILES string of the molecule is Cc1cc2ncn(C(CN)c3ccco3)c2cc1C. The second-order valence-corrected chi connectivity index (χ2v) is 4.84. The van der Waals surface area contributed by atoms with Gasteiger partial charge < -0.3 is 14.7 Å². The summed E-state index contributed by atoms with van der Waals surface area (Å²) in [6.45, 7) is 4.68. The summed E-state index contributed by atoms with van der Waals surface area (Å²) < 4.78 is 7.57. The van der Waals surface area contributed by atoms with Crippen LogP contribution in [0.2, 0.25) is 0 Å². The van der Waals surface area contributed by atoms with Crippen molar-refractivity contribution in [3.05, 3.63) is 53.7 Å². The Morgan fingerprint density at radius 1 is 1.32 bits per heavy atom. The van der Waals surface area contributed by atoms with E-state index in [0.29, 0.717) is 6.54 Å². The van der Waals surface area contributed by atoms with E-state index in [1.165, 1.54) is 11.1 Å². The third kappa shape index (κ3) is 1.94. The summed E-state index contributed by atoms with van der Waals surface area (Å²) in [6, 6.07) is 8.08. The van der Waals surface area contributed by atoms with Gasteiger partial charge in [-0.05, 0) is 49.2 Å². The number of fused-ring (bicyclic) bond motifs is 1. The molecule has 2 heterocycles. The standard InChI is InChI=1S/C15H17N3O/c1-10-6-12-13(7-11(10)2)18(9-17-12)14(8-16)15-4-3-5-19-15/h3-7,9,14H,8,16H2,1-2H3. The number of furan rings is 1. The second kappa shape index (κ2) is 4.55. The zero-order chi connectivity index (χ0) is 13.4. The predicted octanol–water partition coefficient (Wildman–Crippen LogP) is 2.79. The zero-order valence-electron chi connectivity index (χ0n) is 11.1. The van der Waals surface area contributed by atoms with Gasteiger partial charge in [0.25, 0.3) is 0 Å². The van der Waals surface area contributed by atoms with Crippen LogP contribution in [0.3, 0.4) is 0 Å². The van der Waals surface area contributed by atoms with Crippen molar-refractivity contribution in [1.82, 2.24) is 9.55 Å². The van der Waals surface area contributed by atoms with Crippen LogP contribution in [0, 0.1) is 13.8 Å². The summed E-state index contributed by atoms with van der Waals surface area (Å²) in [5.41, 5.74) is 10.5. The molecule has 0 radical (unpaired) electrons. The van der Waals surface area contributed by atoms with Crippen molar-refractivity contribution < 1.29 is 4.42 Å². The van der Waals surface area contributed by atoms with Gasteiger partial charge in [0.15, 0.2) is 0 Å². The molecule has 2 N–H and O–H groups in total. The van der Waals surface area contributed by atoms with Crippen molar-refractivity contribution >= 4 is 11.0 Å². The quantitative estimate of drug-likeness (QED) is 0.783. The van der Waals surface area contributed by atoms with Gasteiger partial charge in [-0.3, -0.25) is 0 Å². The molecule has 2 aromatic heterocycles. The van der Waals surface area contributed by atoms with Crippen LogP contribution in [0.4, 0.5) is 0 Å². The predicted molar refractivity (Wildman–Crippen MR) is 75.1 cm³/mol. The van der Waals surface area contributed by atoms with Crippen LogP contribution in [0.25, 0.3) is 11.0 Å². The topological polar surface area (TPSA) is 57.0 Å². The van der Waals surface area contributed by atoms with E-state index in [1.54, 1.807) is 6.26 Å². The fourth-order valence-electron chi connectivity index (χ4n) is 2.38. The molecule has 3 aromatic rings. The van der Waals surface area contributed by atoms with E-state index >= 15 is 0 Å². The summed E-state index contributed by atoms with van der Waals surface area (Å²) in [5, 5.41) is 0. The molecule has 19 heavy (non-hydrogen) atoms. The third-order valence-corrected chi connectivity index (χ3v) is 3.62. The molecular formula is C15H17N3O. The number of nitrogens with two attached hydrogens (primary N) is 1. The average Bonchev–Trinajstić information content (AvgIpc) is 3.03. The summed E-state index contributed by atoms with van der Waals surface area (Å²) >= 11 is 0. The molecule has 0 saturated carbocycles. The first kappa shape index (κ1) is 12.0. The minimum Gasteiger partial charge on any atom is -0.467 e. The van der Waals surface area contributed by atoms with Gasteiger partial charge in [-0.15, -0.1) is 0 Å². The fraction of sp³-hybridized carbons (Fsp3) is 0.267. The lowest BCUT2D eigenvalue weighted by Crippen LogP contribution is -2.19. The Bertz CT molecular complexity index is 698. The van der Waals surface area contributed by atoms with Crippen molar-refractivity contribution in [2.75, 3.05) is 6.54 Å². The number of aryl methyl sites for hydroxylation is 2. The molecular weight excluding hydrogens is 238 g/mol. The molecule has 0 aliphatic heterocycles. The van der Waals surface area contributed by atoms with E-state index in [9.17, 15) is 0 Å². The molecule has 4 heteroatoms. The minimum atomic E-state index is -0.0119. The maximum absolute atomic E-state index is 5.91. The Morgan fingerprint density at radius 2 is 2.11 bits per heavy atom. The van der Waals surface area contributed by atoms with Gasteiger partial charge in [-0.1, -0.05) is 0 Å². The van der Waals surface area contributed by atoms with E-state index in [1.807, 2.05) is 18.5 Å². The van der Waals surface area contributed by atoms with Gasteiger partial charge >= 0.3 is 0 Å². The van der Waals surface area contributed by atoms with Crippen LogP contribution < -0.4 is 5.73 Å². The van der Waals surface area contributed by atoms with E-state index in [2.05, 4.69) is 35.5 Å². The Hall–Kier alpha value is -2.07. The van der Waals surface area contributed by atoms with Gasteiger partial charge in [0.05, 0.1) is 23.6 Å². The number of benzene rings is 1. The molecule has 0 bridgehead atoms. The van der Waals surface area contributed by atoms with Crippen LogP contribution in [0.15, 0.2) is 41.3 Å². The lowest BCUT2D eigenvalue weighted by molar-refractivity contribution is 0.437. The largest absolute Gasteiger partial charge is 0.467 e. The van der Waals surface area contributed by atoms with Crippen LogP contribution in [-0.4, -0.2) is 16.1 Å². The molecule has 98 valence electrons. The first-order valence-corrected chi connectivity index (χ1v) is 6.38. The van der Waals surface area contributed by atoms with Crippen molar-refractivity contribution in [1.29, 1.82) is 0 Å². The third-order valence-electron chi connectivity index (χ3n) is 3.62. The molecule has 0 spiro atoms. The monoisotopic (exact) mass is 255 g/mol. The summed E-state index contributed by atoms with van der Waals surface area (Å²) in [4.78, 5) is 4.47. The lowest BCUT2D eigenvalue weighted by Gasteiger charge is -2.15. The Labute approximate surface area is 111 Å².